The van der Waals surface area contributed by atoms with E-state index < -0.39 is 17.5 Å². The van der Waals surface area contributed by atoms with Crippen LogP contribution in [-0.2, 0) is 13.6 Å². The van der Waals surface area contributed by atoms with Gasteiger partial charge in [0.25, 0.3) is 5.91 Å². The van der Waals surface area contributed by atoms with E-state index in [9.17, 15) is 13.6 Å². The highest BCUT2D eigenvalue weighted by Crippen LogP contribution is 2.26. The molecule has 0 aliphatic carbocycles. The van der Waals surface area contributed by atoms with Crippen LogP contribution in [0.3, 0.4) is 0 Å². The van der Waals surface area contributed by atoms with E-state index in [0.717, 1.165) is 29.1 Å². The van der Waals surface area contributed by atoms with Gasteiger partial charge < -0.3 is 5.32 Å². The van der Waals surface area contributed by atoms with Gasteiger partial charge in [-0.1, -0.05) is 12.1 Å². The molecule has 2 aromatic heterocycles. The van der Waals surface area contributed by atoms with Crippen LogP contribution in [0, 0.1) is 25.5 Å². The lowest BCUT2D eigenvalue weighted by molar-refractivity contribution is 0.102. The van der Waals surface area contributed by atoms with Gasteiger partial charge in [-0.2, -0.15) is 10.2 Å². The maximum absolute atomic E-state index is 14.3. The van der Waals surface area contributed by atoms with Gasteiger partial charge in [-0.15, -0.1) is 0 Å². The number of carbonyl (C=O) groups excluding carboxylic acids is 1. The maximum Gasteiger partial charge on any atom is 0.259 e. The summed E-state index contributed by atoms with van der Waals surface area (Å²) in [6, 6.07) is 12.6. The number of amides is 1. The summed E-state index contributed by atoms with van der Waals surface area (Å²) >= 11 is 0. The van der Waals surface area contributed by atoms with E-state index in [0.29, 0.717) is 12.2 Å². The van der Waals surface area contributed by atoms with E-state index in [1.807, 2.05) is 42.8 Å². The highest BCUT2D eigenvalue weighted by Gasteiger charge is 2.20. The molecule has 0 fully saturated rings. The number of nitrogens with one attached hydrogen (secondary N) is 1. The maximum atomic E-state index is 14.3. The lowest BCUT2D eigenvalue weighted by Gasteiger charge is -2.09. The highest BCUT2D eigenvalue weighted by atomic mass is 19.1. The average molecular weight is 421 g/mol. The Labute approximate surface area is 178 Å². The van der Waals surface area contributed by atoms with E-state index in [-0.39, 0.29) is 16.8 Å². The van der Waals surface area contributed by atoms with Crippen LogP contribution in [0.1, 0.15) is 27.3 Å². The van der Waals surface area contributed by atoms with Gasteiger partial charge in [0, 0.05) is 36.3 Å². The fourth-order valence-corrected chi connectivity index (χ4v) is 3.49. The minimum absolute atomic E-state index is 0.0606. The third kappa shape index (κ3) is 4.37. The first-order chi connectivity index (χ1) is 14.8. The van der Waals surface area contributed by atoms with Gasteiger partial charge in [-0.25, -0.2) is 8.78 Å². The topological polar surface area (TPSA) is 64.7 Å². The number of benzene rings is 2. The van der Waals surface area contributed by atoms with Crippen LogP contribution in [0.15, 0.2) is 54.7 Å². The van der Waals surface area contributed by atoms with Crippen molar-refractivity contribution in [1.82, 2.24) is 19.6 Å². The number of aromatic nitrogens is 4. The molecule has 8 heteroatoms. The van der Waals surface area contributed by atoms with Crippen LogP contribution in [0.2, 0.25) is 0 Å². The van der Waals surface area contributed by atoms with E-state index in [1.54, 1.807) is 13.1 Å². The lowest BCUT2D eigenvalue weighted by atomic mass is 10.1. The summed E-state index contributed by atoms with van der Waals surface area (Å²) in [5, 5.41) is 11.5. The molecule has 4 rings (SSSR count). The summed E-state index contributed by atoms with van der Waals surface area (Å²) < 4.78 is 30.9. The normalized spacial score (nSPS) is 11.0. The zero-order chi connectivity index (χ0) is 22.1. The van der Waals surface area contributed by atoms with E-state index in [1.165, 1.54) is 16.9 Å². The third-order valence-electron chi connectivity index (χ3n) is 4.88. The molecule has 0 bridgehead atoms. The first-order valence-corrected chi connectivity index (χ1v) is 9.70. The third-order valence-corrected chi connectivity index (χ3v) is 4.88. The number of aryl methyl sites for hydroxylation is 3. The number of rotatable bonds is 5. The van der Waals surface area contributed by atoms with Gasteiger partial charge in [0.15, 0.2) is 0 Å². The standard InChI is InChI=1S/C23H21F2N5O/c1-14-9-15(2)30(27-14)12-16-5-4-6-18(10-16)26-23(31)20-13-29(3)28-22(20)19-8-7-17(24)11-21(19)25/h4-11,13H,12H2,1-3H3,(H,26,31). The Hall–Kier alpha value is -3.81. The molecule has 31 heavy (non-hydrogen) atoms. The van der Waals surface area contributed by atoms with Gasteiger partial charge in [0.05, 0.1) is 17.8 Å². The van der Waals surface area contributed by atoms with Crippen LogP contribution in [0.5, 0.6) is 0 Å². The molecule has 0 aliphatic rings. The van der Waals surface area contributed by atoms with Gasteiger partial charge >= 0.3 is 0 Å². The molecular formula is C23H21F2N5O. The van der Waals surface area contributed by atoms with E-state index in [4.69, 9.17) is 0 Å². The Bertz CT molecular complexity index is 1270. The average Bonchev–Trinajstić information content (AvgIpc) is 3.23. The molecule has 2 aromatic carbocycles. The van der Waals surface area contributed by atoms with Crippen LogP contribution >= 0.6 is 0 Å². The molecule has 6 nitrogen and oxygen atoms in total. The van der Waals surface area contributed by atoms with Crippen molar-refractivity contribution in [3.8, 4) is 11.3 Å². The minimum atomic E-state index is -0.778. The van der Waals surface area contributed by atoms with Crippen molar-refractivity contribution in [2.24, 2.45) is 7.05 Å². The Balaban J connectivity index is 1.59. The number of hydrogen-bond donors (Lipinski definition) is 1. The molecule has 0 unspecified atom stereocenters. The van der Waals surface area contributed by atoms with Crippen molar-refractivity contribution in [2.75, 3.05) is 5.32 Å². The Morgan fingerprint density at radius 3 is 2.58 bits per heavy atom. The second-order valence-electron chi connectivity index (χ2n) is 7.43. The summed E-state index contributed by atoms with van der Waals surface area (Å²) in [6.45, 7) is 4.50. The molecule has 0 saturated carbocycles. The highest BCUT2D eigenvalue weighted by molar-refractivity contribution is 6.08. The Morgan fingerprint density at radius 1 is 1.06 bits per heavy atom. The zero-order valence-corrected chi connectivity index (χ0v) is 17.4. The van der Waals surface area contributed by atoms with Crippen LogP contribution in [0.25, 0.3) is 11.3 Å². The summed E-state index contributed by atoms with van der Waals surface area (Å²) in [5.74, 6) is -1.91. The Kier molecular flexibility index (Phi) is 5.37. The molecule has 0 aliphatic heterocycles. The predicted octanol–water partition coefficient (Wildman–Crippen LogP) is 4.48. The van der Waals surface area contributed by atoms with Crippen molar-refractivity contribution in [2.45, 2.75) is 20.4 Å². The van der Waals surface area contributed by atoms with Gasteiger partial charge in [-0.3, -0.25) is 14.2 Å². The number of carbonyl (C=O) groups is 1. The van der Waals surface area contributed by atoms with E-state index >= 15 is 0 Å². The summed E-state index contributed by atoms with van der Waals surface area (Å²) in [7, 11) is 1.64. The quantitative estimate of drug-likeness (QED) is 0.517. The zero-order valence-electron chi connectivity index (χ0n) is 17.4. The minimum Gasteiger partial charge on any atom is -0.322 e. The lowest BCUT2D eigenvalue weighted by Crippen LogP contribution is -2.13. The van der Waals surface area contributed by atoms with Gasteiger partial charge in [-0.05, 0) is 49.7 Å². The summed E-state index contributed by atoms with van der Waals surface area (Å²) in [4.78, 5) is 12.9. The van der Waals surface area contributed by atoms with Gasteiger partial charge in [0.1, 0.15) is 17.3 Å². The molecular weight excluding hydrogens is 400 g/mol. The second-order valence-corrected chi connectivity index (χ2v) is 7.43. The van der Waals surface area contributed by atoms with Crippen molar-refractivity contribution in [1.29, 1.82) is 0 Å². The van der Waals surface area contributed by atoms with Crippen molar-refractivity contribution >= 4 is 11.6 Å². The number of halogens is 2. The smallest absolute Gasteiger partial charge is 0.259 e. The van der Waals surface area contributed by atoms with Crippen LogP contribution in [-0.4, -0.2) is 25.5 Å². The number of anilines is 1. The number of hydrogen-bond acceptors (Lipinski definition) is 3. The molecule has 0 spiro atoms. The molecule has 1 amide bonds. The van der Waals surface area contributed by atoms with Gasteiger partial charge in [0.2, 0.25) is 0 Å². The SMILES string of the molecule is Cc1cc(C)n(Cc2cccc(NC(=O)c3cn(C)nc3-c3ccc(F)cc3F)c2)n1. The molecule has 4 aromatic rings. The summed E-state index contributed by atoms with van der Waals surface area (Å²) in [5.41, 5.74) is 3.96. The molecule has 0 radical (unpaired) electrons. The molecule has 1 N–H and O–H groups in total. The van der Waals surface area contributed by atoms with Crippen molar-refractivity contribution < 1.29 is 13.6 Å². The van der Waals surface area contributed by atoms with Crippen molar-refractivity contribution in [3.63, 3.8) is 0 Å². The first kappa shape index (κ1) is 20.5. The molecule has 2 heterocycles. The monoisotopic (exact) mass is 421 g/mol. The van der Waals surface area contributed by atoms with Crippen molar-refractivity contribution in [3.05, 3.63) is 88.9 Å². The largest absolute Gasteiger partial charge is 0.322 e. The predicted molar refractivity (Wildman–Crippen MR) is 114 cm³/mol. The van der Waals surface area contributed by atoms with Crippen LogP contribution < -0.4 is 5.32 Å². The van der Waals surface area contributed by atoms with Crippen LogP contribution in [0.4, 0.5) is 14.5 Å². The molecule has 0 atom stereocenters. The fourth-order valence-electron chi connectivity index (χ4n) is 3.49. The summed E-state index contributed by atoms with van der Waals surface area (Å²) in [6.07, 6.45) is 1.51. The molecule has 158 valence electrons. The first-order valence-electron chi connectivity index (χ1n) is 9.70. The molecule has 0 saturated heterocycles. The van der Waals surface area contributed by atoms with E-state index in [2.05, 4.69) is 15.5 Å². The second kappa shape index (κ2) is 8.14. The Morgan fingerprint density at radius 2 is 1.87 bits per heavy atom. The number of nitrogens with zero attached hydrogens (tertiary/aromatic N) is 4. The fraction of sp³-hybridized carbons (Fsp3) is 0.174.